The van der Waals surface area contributed by atoms with Crippen LogP contribution in [0.4, 0.5) is 0 Å². The van der Waals surface area contributed by atoms with Crippen LogP contribution in [0.1, 0.15) is 79.1 Å². The Bertz CT molecular complexity index is 358. The Balaban J connectivity index is 2.24. The van der Waals surface area contributed by atoms with Crippen molar-refractivity contribution in [3.8, 4) is 0 Å². The zero-order chi connectivity index (χ0) is 16.5. The fourth-order valence-electron chi connectivity index (χ4n) is 3.26. The van der Waals surface area contributed by atoms with Gasteiger partial charge in [0, 0.05) is 6.42 Å². The Kier molecular flexibility index (Phi) is 8.77. The normalized spacial score (nSPS) is 24.4. The van der Waals surface area contributed by atoms with Crippen molar-refractivity contribution in [3.05, 3.63) is 11.6 Å². The van der Waals surface area contributed by atoms with Crippen LogP contribution < -0.4 is 0 Å². The highest BCUT2D eigenvalue weighted by Crippen LogP contribution is 2.24. The maximum atomic E-state index is 12.0. The number of carbonyl (C=O) groups is 1. The fraction of sp³-hybridized carbons (Fsp3) is 0.842. The molecule has 0 radical (unpaired) electrons. The molecular formula is C19H34O3. The van der Waals surface area contributed by atoms with E-state index in [-0.39, 0.29) is 12.1 Å². The molecule has 0 aromatic carbocycles. The first-order valence-corrected chi connectivity index (χ1v) is 8.89. The van der Waals surface area contributed by atoms with Crippen molar-refractivity contribution in [2.75, 3.05) is 0 Å². The van der Waals surface area contributed by atoms with E-state index in [4.69, 9.17) is 4.74 Å². The number of aliphatic hydroxyl groups is 1. The van der Waals surface area contributed by atoms with Gasteiger partial charge in [-0.1, -0.05) is 31.9 Å². The van der Waals surface area contributed by atoms with Crippen LogP contribution >= 0.6 is 0 Å². The molecule has 0 saturated heterocycles. The van der Waals surface area contributed by atoms with Gasteiger partial charge >= 0.3 is 5.97 Å². The van der Waals surface area contributed by atoms with Crippen LogP contribution in [0.3, 0.4) is 0 Å². The molecular weight excluding hydrogens is 276 g/mol. The minimum Gasteiger partial charge on any atom is -0.460 e. The van der Waals surface area contributed by atoms with Crippen LogP contribution in [0.5, 0.6) is 0 Å². The Morgan fingerprint density at radius 2 is 1.91 bits per heavy atom. The third-order valence-corrected chi connectivity index (χ3v) is 4.48. The molecule has 22 heavy (non-hydrogen) atoms. The van der Waals surface area contributed by atoms with E-state index in [2.05, 4.69) is 33.8 Å². The Morgan fingerprint density at radius 1 is 1.23 bits per heavy atom. The van der Waals surface area contributed by atoms with Crippen LogP contribution in [0.2, 0.25) is 0 Å². The smallest absolute Gasteiger partial charge is 0.306 e. The number of rotatable bonds is 8. The molecule has 1 N–H and O–H groups in total. The van der Waals surface area contributed by atoms with Gasteiger partial charge < -0.3 is 9.84 Å². The van der Waals surface area contributed by atoms with E-state index >= 15 is 0 Å². The van der Waals surface area contributed by atoms with Gasteiger partial charge in [-0.3, -0.25) is 4.79 Å². The van der Waals surface area contributed by atoms with Crippen molar-refractivity contribution in [1.82, 2.24) is 0 Å². The summed E-state index contributed by atoms with van der Waals surface area (Å²) in [6.07, 6.45) is 9.01. The number of ether oxygens (including phenoxy) is 1. The van der Waals surface area contributed by atoms with Crippen molar-refractivity contribution >= 4 is 5.97 Å². The SMILES string of the molecule is CC(C)=CCC[C@@H](C)C[C@@H](C)CC(=O)O[C@@H]1CCCC[C@H]1O. The molecule has 0 spiro atoms. The standard InChI is InChI=1S/C19H34O3/c1-14(2)8-7-9-15(3)12-16(4)13-19(21)22-18-11-6-5-10-17(18)20/h8,15-18,20H,5-7,9-13H2,1-4H3/t15-,16-,17-,18-/m1/s1. The van der Waals surface area contributed by atoms with Gasteiger partial charge in [0.2, 0.25) is 0 Å². The van der Waals surface area contributed by atoms with Gasteiger partial charge in [-0.15, -0.1) is 0 Å². The molecule has 0 heterocycles. The lowest BCUT2D eigenvalue weighted by Crippen LogP contribution is -2.34. The molecule has 1 aliphatic rings. The maximum Gasteiger partial charge on any atom is 0.306 e. The minimum atomic E-state index is -0.462. The molecule has 1 fully saturated rings. The molecule has 128 valence electrons. The summed E-state index contributed by atoms with van der Waals surface area (Å²) in [5, 5.41) is 9.86. The molecule has 4 atom stereocenters. The zero-order valence-corrected chi connectivity index (χ0v) is 14.8. The molecule has 0 aromatic heterocycles. The first-order chi connectivity index (χ1) is 10.4. The molecule has 1 rings (SSSR count). The van der Waals surface area contributed by atoms with E-state index in [1.54, 1.807) is 0 Å². The second kappa shape index (κ2) is 10.0. The molecule has 3 nitrogen and oxygen atoms in total. The van der Waals surface area contributed by atoms with Crippen molar-refractivity contribution in [2.45, 2.75) is 91.3 Å². The summed E-state index contributed by atoms with van der Waals surface area (Å²) in [5.74, 6) is 0.823. The molecule has 0 bridgehead atoms. The second-order valence-corrected chi connectivity index (χ2v) is 7.39. The summed E-state index contributed by atoms with van der Waals surface area (Å²) in [4.78, 5) is 12.0. The minimum absolute atomic E-state index is 0.144. The predicted molar refractivity (Wildman–Crippen MR) is 90.6 cm³/mol. The van der Waals surface area contributed by atoms with E-state index in [9.17, 15) is 9.90 Å². The predicted octanol–water partition coefficient (Wildman–Crippen LogP) is 4.63. The lowest BCUT2D eigenvalue weighted by Gasteiger charge is -2.27. The lowest BCUT2D eigenvalue weighted by atomic mass is 9.91. The Morgan fingerprint density at radius 3 is 2.55 bits per heavy atom. The molecule has 0 aromatic rings. The first-order valence-electron chi connectivity index (χ1n) is 8.89. The maximum absolute atomic E-state index is 12.0. The van der Waals surface area contributed by atoms with Crippen molar-refractivity contribution in [1.29, 1.82) is 0 Å². The summed E-state index contributed by atoms with van der Waals surface area (Å²) in [6.45, 7) is 8.63. The highest BCUT2D eigenvalue weighted by molar-refractivity contribution is 5.69. The Hall–Kier alpha value is -0.830. The van der Waals surface area contributed by atoms with Crippen LogP contribution in [-0.4, -0.2) is 23.3 Å². The molecule has 1 aliphatic carbocycles. The summed E-state index contributed by atoms with van der Waals surface area (Å²) in [7, 11) is 0. The van der Waals surface area contributed by atoms with Crippen LogP contribution in [0.25, 0.3) is 0 Å². The van der Waals surface area contributed by atoms with E-state index in [1.807, 2.05) is 0 Å². The number of esters is 1. The van der Waals surface area contributed by atoms with Gasteiger partial charge in [0.05, 0.1) is 6.10 Å². The average molecular weight is 310 g/mol. The van der Waals surface area contributed by atoms with Crippen LogP contribution in [-0.2, 0) is 9.53 Å². The molecule has 0 aliphatic heterocycles. The molecule has 0 unspecified atom stereocenters. The monoisotopic (exact) mass is 310 g/mol. The Labute approximate surface area is 136 Å². The van der Waals surface area contributed by atoms with Crippen LogP contribution in [0, 0.1) is 11.8 Å². The molecule has 0 amide bonds. The van der Waals surface area contributed by atoms with Gasteiger partial charge in [0.25, 0.3) is 0 Å². The largest absolute Gasteiger partial charge is 0.460 e. The summed E-state index contributed by atoms with van der Waals surface area (Å²) in [6, 6.07) is 0. The first kappa shape index (κ1) is 19.2. The zero-order valence-electron chi connectivity index (χ0n) is 14.8. The van der Waals surface area contributed by atoms with Gasteiger partial charge in [-0.2, -0.15) is 0 Å². The number of aliphatic hydroxyl groups excluding tert-OH is 1. The molecule has 1 saturated carbocycles. The second-order valence-electron chi connectivity index (χ2n) is 7.39. The van der Waals surface area contributed by atoms with Gasteiger partial charge in [0.1, 0.15) is 6.10 Å². The van der Waals surface area contributed by atoms with Gasteiger partial charge in [0.15, 0.2) is 0 Å². The number of carbonyl (C=O) groups excluding carboxylic acids is 1. The highest BCUT2D eigenvalue weighted by atomic mass is 16.6. The topological polar surface area (TPSA) is 46.5 Å². The number of hydrogen-bond donors (Lipinski definition) is 1. The van der Waals surface area contributed by atoms with E-state index in [0.29, 0.717) is 18.3 Å². The van der Waals surface area contributed by atoms with Gasteiger partial charge in [-0.05, 0) is 64.2 Å². The molecule has 3 heteroatoms. The number of allylic oxidation sites excluding steroid dienone is 2. The van der Waals surface area contributed by atoms with Crippen molar-refractivity contribution in [3.63, 3.8) is 0 Å². The van der Waals surface area contributed by atoms with Crippen molar-refractivity contribution < 1.29 is 14.6 Å². The third kappa shape index (κ3) is 7.98. The van der Waals surface area contributed by atoms with Crippen LogP contribution in [0.15, 0.2) is 11.6 Å². The quantitative estimate of drug-likeness (QED) is 0.525. The highest BCUT2D eigenvalue weighted by Gasteiger charge is 2.27. The summed E-state index contributed by atoms with van der Waals surface area (Å²) < 4.78 is 5.47. The third-order valence-electron chi connectivity index (χ3n) is 4.48. The van der Waals surface area contributed by atoms with Gasteiger partial charge in [-0.25, -0.2) is 0 Å². The van der Waals surface area contributed by atoms with Crippen molar-refractivity contribution in [2.24, 2.45) is 11.8 Å². The lowest BCUT2D eigenvalue weighted by molar-refractivity contribution is -0.158. The van der Waals surface area contributed by atoms with E-state index in [0.717, 1.165) is 38.5 Å². The van der Waals surface area contributed by atoms with E-state index < -0.39 is 6.10 Å². The summed E-state index contributed by atoms with van der Waals surface area (Å²) >= 11 is 0. The number of hydrogen-bond acceptors (Lipinski definition) is 3. The fourth-order valence-corrected chi connectivity index (χ4v) is 3.26. The van der Waals surface area contributed by atoms with E-state index in [1.165, 1.54) is 12.0 Å². The summed E-state index contributed by atoms with van der Waals surface area (Å²) in [5.41, 5.74) is 1.37. The average Bonchev–Trinajstić information content (AvgIpc) is 2.40.